The number of aryl methyl sites for hydroxylation is 2. The molecule has 1 amide bonds. The van der Waals surface area contributed by atoms with E-state index in [0.717, 1.165) is 11.4 Å². The summed E-state index contributed by atoms with van der Waals surface area (Å²) in [5.74, 6) is 1.05. The Morgan fingerprint density at radius 2 is 1.52 bits per heavy atom. The molecule has 0 saturated heterocycles. The predicted molar refractivity (Wildman–Crippen MR) is 94.1 cm³/mol. The average Bonchev–Trinajstić information content (AvgIpc) is 2.56. The van der Waals surface area contributed by atoms with Gasteiger partial charge in [-0.15, -0.1) is 0 Å². The number of carbonyl (C=O) groups is 1. The topological polar surface area (TPSA) is 73.3 Å². The van der Waals surface area contributed by atoms with Crippen LogP contribution in [0, 0.1) is 13.8 Å². The molecule has 1 heterocycles. The van der Waals surface area contributed by atoms with Crippen molar-refractivity contribution in [3.05, 3.63) is 72.1 Å². The first kappa shape index (κ1) is 16.4. The Bertz CT molecular complexity index is 845. The Labute approximate surface area is 145 Å². The molecule has 0 aliphatic rings. The van der Waals surface area contributed by atoms with E-state index in [1.165, 1.54) is 0 Å². The summed E-state index contributed by atoms with van der Waals surface area (Å²) in [5.41, 5.74) is 2.27. The highest BCUT2D eigenvalue weighted by molar-refractivity contribution is 5.86. The van der Waals surface area contributed by atoms with E-state index in [-0.39, 0.29) is 0 Å². The van der Waals surface area contributed by atoms with Gasteiger partial charge in [0, 0.05) is 17.1 Å². The minimum Gasteiger partial charge on any atom is -0.424 e. The van der Waals surface area contributed by atoms with Gasteiger partial charge in [-0.1, -0.05) is 18.2 Å². The van der Waals surface area contributed by atoms with Gasteiger partial charge >= 0.3 is 12.1 Å². The summed E-state index contributed by atoms with van der Waals surface area (Å²) >= 11 is 0. The van der Waals surface area contributed by atoms with Crippen LogP contribution in [0.25, 0.3) is 0 Å². The summed E-state index contributed by atoms with van der Waals surface area (Å²) in [7, 11) is 0. The minimum absolute atomic E-state index is 0.293. The van der Waals surface area contributed by atoms with E-state index in [9.17, 15) is 4.79 Å². The van der Waals surface area contributed by atoms with Gasteiger partial charge in [0.15, 0.2) is 0 Å². The van der Waals surface area contributed by atoms with Crippen molar-refractivity contribution in [3.8, 4) is 17.5 Å². The maximum atomic E-state index is 11.8. The molecule has 6 heteroatoms. The number of para-hydroxylation sites is 1. The molecule has 3 aromatic rings. The molecule has 126 valence electrons. The van der Waals surface area contributed by atoms with E-state index in [4.69, 9.17) is 9.47 Å². The molecule has 25 heavy (non-hydrogen) atoms. The summed E-state index contributed by atoms with van der Waals surface area (Å²) in [4.78, 5) is 20.3. The van der Waals surface area contributed by atoms with Crippen molar-refractivity contribution in [3.63, 3.8) is 0 Å². The Kier molecular flexibility index (Phi) is 4.89. The van der Waals surface area contributed by atoms with Crippen LogP contribution in [0.4, 0.5) is 10.5 Å². The number of rotatable bonds is 4. The Morgan fingerprint density at radius 3 is 2.16 bits per heavy atom. The van der Waals surface area contributed by atoms with Gasteiger partial charge in [-0.05, 0) is 56.3 Å². The molecule has 1 N–H and O–H groups in total. The molecule has 0 aliphatic heterocycles. The van der Waals surface area contributed by atoms with Crippen LogP contribution in [0.2, 0.25) is 0 Å². The quantitative estimate of drug-likeness (QED) is 0.760. The predicted octanol–water partition coefficient (Wildman–Crippen LogP) is 4.50. The van der Waals surface area contributed by atoms with Crippen LogP contribution in [-0.4, -0.2) is 16.1 Å². The number of benzene rings is 2. The van der Waals surface area contributed by atoms with Crippen molar-refractivity contribution < 1.29 is 14.3 Å². The number of anilines is 1. The zero-order valence-corrected chi connectivity index (χ0v) is 13.9. The van der Waals surface area contributed by atoms with Gasteiger partial charge < -0.3 is 9.47 Å². The first-order valence-electron chi connectivity index (χ1n) is 7.72. The van der Waals surface area contributed by atoms with Gasteiger partial charge in [-0.25, -0.2) is 14.8 Å². The molecule has 3 rings (SSSR count). The lowest BCUT2D eigenvalue weighted by Gasteiger charge is -2.08. The van der Waals surface area contributed by atoms with Gasteiger partial charge in [-0.3, -0.25) is 5.32 Å². The summed E-state index contributed by atoms with van der Waals surface area (Å²) in [6, 6.07) is 17.9. The van der Waals surface area contributed by atoms with Gasteiger partial charge in [0.2, 0.25) is 0 Å². The lowest BCUT2D eigenvalue weighted by atomic mass is 10.3. The molecule has 0 radical (unpaired) electrons. The van der Waals surface area contributed by atoms with Gasteiger partial charge in [0.05, 0.1) is 0 Å². The molecular weight excluding hydrogens is 318 g/mol. The van der Waals surface area contributed by atoms with Crippen LogP contribution in [-0.2, 0) is 0 Å². The van der Waals surface area contributed by atoms with E-state index in [2.05, 4.69) is 15.3 Å². The van der Waals surface area contributed by atoms with Crippen molar-refractivity contribution >= 4 is 11.8 Å². The number of nitrogens with zero attached hydrogens (tertiary/aromatic N) is 2. The largest absolute Gasteiger partial charge is 0.424 e. The van der Waals surface area contributed by atoms with Crippen LogP contribution < -0.4 is 14.8 Å². The second-order valence-electron chi connectivity index (χ2n) is 5.39. The fourth-order valence-corrected chi connectivity index (χ4v) is 2.19. The first-order valence-corrected chi connectivity index (χ1v) is 7.72. The van der Waals surface area contributed by atoms with Gasteiger partial charge in [0.1, 0.15) is 11.5 Å². The molecule has 0 aliphatic carbocycles. The van der Waals surface area contributed by atoms with E-state index in [0.29, 0.717) is 23.2 Å². The lowest BCUT2D eigenvalue weighted by molar-refractivity contribution is 0.215. The maximum absolute atomic E-state index is 11.8. The highest BCUT2D eigenvalue weighted by Gasteiger charge is 2.06. The molecule has 0 spiro atoms. The van der Waals surface area contributed by atoms with Crippen molar-refractivity contribution in [2.75, 3.05) is 5.32 Å². The number of hydrogen-bond acceptors (Lipinski definition) is 5. The highest BCUT2D eigenvalue weighted by atomic mass is 16.6. The third-order valence-corrected chi connectivity index (χ3v) is 3.23. The molecule has 6 nitrogen and oxygen atoms in total. The third-order valence-electron chi connectivity index (χ3n) is 3.23. The molecule has 0 fully saturated rings. The van der Waals surface area contributed by atoms with Crippen molar-refractivity contribution in [2.45, 2.75) is 13.8 Å². The third kappa shape index (κ3) is 4.78. The smallest absolute Gasteiger partial charge is 0.417 e. The standard InChI is InChI=1S/C19H17N3O3/c1-13-12-14(2)21-18(20-13)24-17-10-8-15(9-11-17)22-19(23)25-16-6-4-3-5-7-16/h3-12H,1-2H3,(H,22,23). The minimum atomic E-state index is -0.558. The molecule has 0 unspecified atom stereocenters. The van der Waals surface area contributed by atoms with Gasteiger partial charge in [-0.2, -0.15) is 0 Å². The number of ether oxygens (including phenoxy) is 2. The average molecular weight is 335 g/mol. The molecule has 1 aromatic heterocycles. The van der Waals surface area contributed by atoms with Crippen molar-refractivity contribution in [2.24, 2.45) is 0 Å². The number of nitrogens with one attached hydrogen (secondary N) is 1. The second kappa shape index (κ2) is 7.44. The molecule has 0 saturated carbocycles. The van der Waals surface area contributed by atoms with Crippen LogP contribution in [0.3, 0.4) is 0 Å². The normalized spacial score (nSPS) is 10.2. The molecule has 0 atom stereocenters. The van der Waals surface area contributed by atoms with Gasteiger partial charge in [0.25, 0.3) is 0 Å². The monoisotopic (exact) mass is 335 g/mol. The molecule has 0 bridgehead atoms. The van der Waals surface area contributed by atoms with E-state index in [1.807, 2.05) is 26.0 Å². The maximum Gasteiger partial charge on any atom is 0.417 e. The highest BCUT2D eigenvalue weighted by Crippen LogP contribution is 2.21. The Hall–Kier alpha value is -3.41. The summed E-state index contributed by atoms with van der Waals surface area (Å²) in [6.45, 7) is 3.76. The number of carbonyl (C=O) groups excluding carboxylic acids is 1. The SMILES string of the molecule is Cc1cc(C)nc(Oc2ccc(NC(=O)Oc3ccccc3)cc2)n1. The Balaban J connectivity index is 1.61. The summed E-state index contributed by atoms with van der Waals surface area (Å²) in [6.07, 6.45) is -0.558. The lowest BCUT2D eigenvalue weighted by Crippen LogP contribution is -2.16. The number of amides is 1. The Morgan fingerprint density at radius 1 is 0.880 bits per heavy atom. The fraction of sp³-hybridized carbons (Fsp3) is 0.105. The van der Waals surface area contributed by atoms with Crippen molar-refractivity contribution in [1.82, 2.24) is 9.97 Å². The second-order valence-corrected chi connectivity index (χ2v) is 5.39. The van der Waals surface area contributed by atoms with Crippen LogP contribution in [0.15, 0.2) is 60.7 Å². The summed E-state index contributed by atoms with van der Waals surface area (Å²) in [5, 5.41) is 2.65. The van der Waals surface area contributed by atoms with E-state index < -0.39 is 6.09 Å². The van der Waals surface area contributed by atoms with Crippen LogP contribution in [0.1, 0.15) is 11.4 Å². The zero-order chi connectivity index (χ0) is 17.6. The van der Waals surface area contributed by atoms with Crippen molar-refractivity contribution in [1.29, 1.82) is 0 Å². The van der Waals surface area contributed by atoms with E-state index >= 15 is 0 Å². The molecular formula is C19H17N3O3. The summed E-state index contributed by atoms with van der Waals surface area (Å²) < 4.78 is 10.8. The zero-order valence-electron chi connectivity index (χ0n) is 13.9. The molecule has 2 aromatic carbocycles. The fourth-order valence-electron chi connectivity index (χ4n) is 2.19. The number of aromatic nitrogens is 2. The first-order chi connectivity index (χ1) is 12.1. The van der Waals surface area contributed by atoms with E-state index in [1.54, 1.807) is 48.5 Å². The van der Waals surface area contributed by atoms with Crippen LogP contribution in [0.5, 0.6) is 17.5 Å². The number of hydrogen-bond donors (Lipinski definition) is 1. The van der Waals surface area contributed by atoms with Crippen LogP contribution >= 0.6 is 0 Å².